The number of anilines is 1. The second-order valence-electron chi connectivity index (χ2n) is 4.10. The van der Waals surface area contributed by atoms with Crippen molar-refractivity contribution < 1.29 is 4.79 Å². The molecule has 0 fully saturated rings. The quantitative estimate of drug-likeness (QED) is 0.818. The van der Waals surface area contributed by atoms with E-state index in [1.54, 1.807) is 12.1 Å². The molecule has 1 amide bonds. The molecule has 0 atom stereocenters. The van der Waals surface area contributed by atoms with Gasteiger partial charge in [0.25, 0.3) is 5.91 Å². The summed E-state index contributed by atoms with van der Waals surface area (Å²) in [7, 11) is 0. The van der Waals surface area contributed by atoms with Gasteiger partial charge in [0.1, 0.15) is 0 Å². The van der Waals surface area contributed by atoms with E-state index in [0.29, 0.717) is 11.4 Å². The van der Waals surface area contributed by atoms with Crippen LogP contribution in [0, 0.1) is 0 Å². The fourth-order valence-electron chi connectivity index (χ4n) is 1.70. The van der Waals surface area contributed by atoms with Crippen molar-refractivity contribution in [2.24, 2.45) is 0 Å². The standard InChI is InChI=1S/C15H13BrClNO/c16-13-3-1-2-12(10-13)15(19)18-14-6-4-11(5-7-14)8-9-17/h1-7,10H,8-9H2,(H,18,19). The van der Waals surface area contributed by atoms with Gasteiger partial charge in [-0.1, -0.05) is 34.1 Å². The van der Waals surface area contributed by atoms with E-state index in [1.807, 2.05) is 36.4 Å². The molecule has 19 heavy (non-hydrogen) atoms. The van der Waals surface area contributed by atoms with E-state index < -0.39 is 0 Å². The fraction of sp³-hybridized carbons (Fsp3) is 0.133. The summed E-state index contributed by atoms with van der Waals surface area (Å²) in [6.45, 7) is 0. The van der Waals surface area contributed by atoms with E-state index in [2.05, 4.69) is 21.2 Å². The largest absolute Gasteiger partial charge is 0.322 e. The van der Waals surface area contributed by atoms with Crippen molar-refractivity contribution in [1.29, 1.82) is 0 Å². The van der Waals surface area contributed by atoms with Gasteiger partial charge in [-0.3, -0.25) is 4.79 Å². The highest BCUT2D eigenvalue weighted by molar-refractivity contribution is 9.10. The normalized spacial score (nSPS) is 10.2. The Balaban J connectivity index is 2.06. The fourth-order valence-corrected chi connectivity index (χ4v) is 2.31. The molecule has 4 heteroatoms. The lowest BCUT2D eigenvalue weighted by molar-refractivity contribution is 0.102. The van der Waals surface area contributed by atoms with Gasteiger partial charge in [-0.25, -0.2) is 0 Å². The molecule has 0 spiro atoms. The van der Waals surface area contributed by atoms with Crippen LogP contribution >= 0.6 is 27.5 Å². The molecule has 0 aliphatic rings. The van der Waals surface area contributed by atoms with Crippen molar-refractivity contribution >= 4 is 39.1 Å². The van der Waals surface area contributed by atoms with E-state index >= 15 is 0 Å². The molecule has 0 aromatic heterocycles. The van der Waals surface area contributed by atoms with Crippen LogP contribution in [-0.2, 0) is 6.42 Å². The maximum atomic E-state index is 12.0. The van der Waals surface area contributed by atoms with Crippen LogP contribution in [0.4, 0.5) is 5.69 Å². The van der Waals surface area contributed by atoms with Crippen molar-refractivity contribution in [2.45, 2.75) is 6.42 Å². The summed E-state index contributed by atoms with van der Waals surface area (Å²) in [6, 6.07) is 15.0. The predicted molar refractivity (Wildman–Crippen MR) is 83.0 cm³/mol. The van der Waals surface area contributed by atoms with Crippen LogP contribution in [0.2, 0.25) is 0 Å². The third-order valence-electron chi connectivity index (χ3n) is 2.68. The predicted octanol–water partition coefficient (Wildman–Crippen LogP) is 4.48. The van der Waals surface area contributed by atoms with Crippen LogP contribution in [0.15, 0.2) is 53.0 Å². The van der Waals surface area contributed by atoms with Crippen LogP contribution in [0.25, 0.3) is 0 Å². The minimum absolute atomic E-state index is 0.119. The molecule has 98 valence electrons. The Morgan fingerprint density at radius 3 is 2.53 bits per heavy atom. The zero-order valence-electron chi connectivity index (χ0n) is 10.2. The van der Waals surface area contributed by atoms with E-state index in [0.717, 1.165) is 22.1 Å². The summed E-state index contributed by atoms with van der Waals surface area (Å²) >= 11 is 9.03. The summed E-state index contributed by atoms with van der Waals surface area (Å²) in [5.41, 5.74) is 2.57. The highest BCUT2D eigenvalue weighted by Crippen LogP contribution is 2.15. The highest BCUT2D eigenvalue weighted by atomic mass is 79.9. The van der Waals surface area contributed by atoms with Gasteiger partial charge >= 0.3 is 0 Å². The molecule has 0 aliphatic carbocycles. The number of benzene rings is 2. The Hall–Kier alpha value is -1.32. The molecule has 2 aromatic carbocycles. The first-order valence-electron chi connectivity index (χ1n) is 5.91. The van der Waals surface area contributed by atoms with Crippen molar-refractivity contribution in [1.82, 2.24) is 0 Å². The lowest BCUT2D eigenvalue weighted by Crippen LogP contribution is -2.11. The zero-order chi connectivity index (χ0) is 13.7. The Labute approximate surface area is 125 Å². The van der Waals surface area contributed by atoms with Crippen molar-refractivity contribution in [3.63, 3.8) is 0 Å². The molecular weight excluding hydrogens is 326 g/mol. The first-order valence-corrected chi connectivity index (χ1v) is 7.23. The smallest absolute Gasteiger partial charge is 0.255 e. The van der Waals surface area contributed by atoms with Gasteiger partial charge in [0, 0.05) is 21.6 Å². The summed E-state index contributed by atoms with van der Waals surface area (Å²) in [5, 5.41) is 2.86. The molecule has 0 radical (unpaired) electrons. The van der Waals surface area contributed by atoms with Gasteiger partial charge < -0.3 is 5.32 Å². The van der Waals surface area contributed by atoms with Crippen LogP contribution in [0.1, 0.15) is 15.9 Å². The first kappa shape index (κ1) is 14.1. The summed E-state index contributed by atoms with van der Waals surface area (Å²) in [4.78, 5) is 12.0. The number of nitrogens with one attached hydrogen (secondary N) is 1. The molecule has 0 saturated heterocycles. The number of carbonyl (C=O) groups is 1. The molecule has 2 nitrogen and oxygen atoms in total. The lowest BCUT2D eigenvalue weighted by Gasteiger charge is -2.06. The Bertz CT molecular complexity index is 569. The van der Waals surface area contributed by atoms with Gasteiger partial charge in [0.2, 0.25) is 0 Å². The number of hydrogen-bond acceptors (Lipinski definition) is 1. The van der Waals surface area contributed by atoms with Gasteiger partial charge in [0.05, 0.1) is 0 Å². The molecule has 0 heterocycles. The average Bonchev–Trinajstić information content (AvgIpc) is 2.41. The molecule has 0 unspecified atom stereocenters. The first-order chi connectivity index (χ1) is 9.19. The summed E-state index contributed by atoms with van der Waals surface area (Å²) in [5.74, 6) is 0.482. The van der Waals surface area contributed by atoms with E-state index in [1.165, 1.54) is 0 Å². The Morgan fingerprint density at radius 1 is 1.16 bits per heavy atom. The number of rotatable bonds is 4. The average molecular weight is 339 g/mol. The van der Waals surface area contributed by atoms with Crippen LogP contribution in [0.5, 0.6) is 0 Å². The van der Waals surface area contributed by atoms with E-state index in [-0.39, 0.29) is 5.91 Å². The third kappa shape index (κ3) is 4.08. The summed E-state index contributed by atoms with van der Waals surface area (Å²) in [6.07, 6.45) is 0.835. The topological polar surface area (TPSA) is 29.1 Å². The molecule has 0 bridgehead atoms. The molecule has 2 rings (SSSR count). The van der Waals surface area contributed by atoms with E-state index in [4.69, 9.17) is 11.6 Å². The van der Waals surface area contributed by atoms with E-state index in [9.17, 15) is 4.79 Å². The maximum absolute atomic E-state index is 12.0. The van der Waals surface area contributed by atoms with Crippen molar-refractivity contribution in [3.05, 3.63) is 64.1 Å². The maximum Gasteiger partial charge on any atom is 0.255 e. The lowest BCUT2D eigenvalue weighted by atomic mass is 10.1. The van der Waals surface area contributed by atoms with Crippen molar-refractivity contribution in [3.8, 4) is 0 Å². The zero-order valence-corrected chi connectivity index (χ0v) is 12.5. The Morgan fingerprint density at radius 2 is 1.89 bits per heavy atom. The second kappa shape index (κ2) is 6.73. The van der Waals surface area contributed by atoms with Gasteiger partial charge in [-0.15, -0.1) is 11.6 Å². The number of alkyl halides is 1. The minimum atomic E-state index is -0.119. The Kier molecular flexibility index (Phi) is 5.00. The SMILES string of the molecule is O=C(Nc1ccc(CCCl)cc1)c1cccc(Br)c1. The number of amides is 1. The highest BCUT2D eigenvalue weighted by Gasteiger charge is 2.06. The van der Waals surface area contributed by atoms with Gasteiger partial charge in [0.15, 0.2) is 0 Å². The number of aryl methyl sites for hydroxylation is 1. The number of carbonyl (C=O) groups excluding carboxylic acids is 1. The van der Waals surface area contributed by atoms with Gasteiger partial charge in [-0.05, 0) is 42.3 Å². The molecule has 0 saturated carbocycles. The number of halogens is 2. The van der Waals surface area contributed by atoms with Crippen LogP contribution in [0.3, 0.4) is 0 Å². The summed E-state index contributed by atoms with van der Waals surface area (Å²) < 4.78 is 0.887. The third-order valence-corrected chi connectivity index (χ3v) is 3.36. The molecule has 1 N–H and O–H groups in total. The van der Waals surface area contributed by atoms with Crippen LogP contribution < -0.4 is 5.32 Å². The molecule has 2 aromatic rings. The number of hydrogen-bond donors (Lipinski definition) is 1. The molecular formula is C15H13BrClNO. The van der Waals surface area contributed by atoms with Gasteiger partial charge in [-0.2, -0.15) is 0 Å². The van der Waals surface area contributed by atoms with Crippen LogP contribution in [-0.4, -0.2) is 11.8 Å². The van der Waals surface area contributed by atoms with Crippen molar-refractivity contribution in [2.75, 3.05) is 11.2 Å². The second-order valence-corrected chi connectivity index (χ2v) is 5.39. The molecule has 0 aliphatic heterocycles. The minimum Gasteiger partial charge on any atom is -0.322 e. The monoisotopic (exact) mass is 337 g/mol.